The minimum absolute atomic E-state index is 0.00654. The molecule has 2 aromatic heterocycles. The number of nitrogens with zero attached hydrogens (tertiary/aromatic N) is 4. The molecule has 0 bridgehead atoms. The number of ether oxygens (including phenoxy) is 2. The largest absolute Gasteiger partial charge is 0.459 e. The molecule has 2 aliphatic carbocycles. The maximum Gasteiger partial charge on any atom is 0.408 e. The molecule has 16 heteroatoms. The van der Waals surface area contributed by atoms with Crippen molar-refractivity contribution in [2.24, 2.45) is 5.92 Å². The van der Waals surface area contributed by atoms with E-state index < -0.39 is 73.8 Å². The van der Waals surface area contributed by atoms with E-state index in [4.69, 9.17) is 9.47 Å². The second kappa shape index (κ2) is 14.0. The first kappa shape index (κ1) is 37.5. The number of carbonyl (C=O) groups is 4. The van der Waals surface area contributed by atoms with Gasteiger partial charge in [0.2, 0.25) is 21.8 Å². The Balaban J connectivity index is 1.32. The minimum atomic E-state index is -3.98. The number of fused-ring (bicyclic) bond motifs is 3. The fraction of sp³-hybridized carbons (Fsp3) is 0.667. The van der Waals surface area contributed by atoms with Crippen LogP contribution >= 0.6 is 0 Å². The summed E-state index contributed by atoms with van der Waals surface area (Å²) in [6, 6.07) is 1.84. The van der Waals surface area contributed by atoms with Gasteiger partial charge in [-0.1, -0.05) is 25.0 Å². The number of pyridine rings is 1. The molecule has 6 rings (SSSR count). The summed E-state index contributed by atoms with van der Waals surface area (Å²) >= 11 is 0. The van der Waals surface area contributed by atoms with Crippen LogP contribution in [0.5, 0.6) is 6.01 Å². The third kappa shape index (κ3) is 7.76. The number of nitrogens with one attached hydrogen (secondary N) is 3. The average molecular weight is 742 g/mol. The minimum Gasteiger partial charge on any atom is -0.459 e. The average Bonchev–Trinajstić information content (AvgIpc) is 3.87. The first-order valence-corrected chi connectivity index (χ1v) is 19.8. The number of hydrogen-bond acceptors (Lipinski definition) is 10. The number of rotatable bonds is 7. The molecular weight excluding hydrogens is 691 g/mol. The van der Waals surface area contributed by atoms with Gasteiger partial charge in [-0.05, 0) is 92.2 Å². The van der Waals surface area contributed by atoms with Crippen molar-refractivity contribution in [3.63, 3.8) is 0 Å². The summed E-state index contributed by atoms with van der Waals surface area (Å²) in [7, 11) is -3.98. The van der Waals surface area contributed by atoms with Gasteiger partial charge >= 0.3 is 6.09 Å². The normalized spacial score (nSPS) is 28.5. The molecule has 284 valence electrons. The van der Waals surface area contributed by atoms with E-state index in [0.717, 1.165) is 18.4 Å². The number of imidazole rings is 1. The summed E-state index contributed by atoms with van der Waals surface area (Å²) in [5.74, 6) is -2.33. The Morgan fingerprint density at radius 1 is 1.13 bits per heavy atom. The Morgan fingerprint density at radius 3 is 2.58 bits per heavy atom. The number of amides is 4. The van der Waals surface area contributed by atoms with Crippen molar-refractivity contribution in [2.45, 2.75) is 139 Å². The first-order chi connectivity index (χ1) is 24.4. The lowest BCUT2D eigenvalue weighted by molar-refractivity contribution is -0.141. The number of hydrogen-bond donors (Lipinski definition) is 3. The SMILES string of the molecule is CC(C)n1c(O[C@@H]2C[C@H]3C(=O)N[C@]4(C(=O)NS(=O)(=O)C5(C)CC5)C[C@H]4/C=C\CCCCC[C@H](NC(=O)OC(C)(C)C)C(=O)N3C2)nc2ncccc21. The Labute approximate surface area is 304 Å². The zero-order valence-electron chi connectivity index (χ0n) is 30.8. The lowest BCUT2D eigenvalue weighted by Gasteiger charge is -2.30. The molecule has 4 heterocycles. The van der Waals surface area contributed by atoms with Gasteiger partial charge in [0, 0.05) is 24.6 Å². The van der Waals surface area contributed by atoms with Crippen LogP contribution in [0.3, 0.4) is 0 Å². The maximum atomic E-state index is 14.5. The standard InChI is InChI=1S/C36H51N7O8S/c1-22(2)43-26-15-12-18-37-28(26)39-32(43)50-24-19-27-29(44)40-36(31(46)41-52(48,49)35(6)16-17-35)20-23(36)13-10-8-7-9-11-14-25(30(45)42(27)21-24)38-33(47)51-34(3,4)5/h10,12-13,15,18,22-25,27H,7-9,11,14,16-17,19-21H2,1-6H3,(H,38,47)(H,40,44)(H,41,46)/b13-10-/t23-,24-,25+,27+,36-/m1/s1. The van der Waals surface area contributed by atoms with Gasteiger partial charge < -0.3 is 25.0 Å². The number of alkyl carbamates (subject to hydrolysis) is 1. The zero-order valence-corrected chi connectivity index (χ0v) is 31.6. The number of carbonyl (C=O) groups excluding carboxylic acids is 4. The van der Waals surface area contributed by atoms with Gasteiger partial charge in [-0.2, -0.15) is 4.98 Å². The van der Waals surface area contributed by atoms with Gasteiger partial charge in [-0.25, -0.2) is 18.2 Å². The van der Waals surface area contributed by atoms with Crippen molar-refractivity contribution < 1.29 is 37.1 Å². The Kier molecular flexibility index (Phi) is 10.1. The van der Waals surface area contributed by atoms with Crippen molar-refractivity contribution in [1.29, 1.82) is 0 Å². The fourth-order valence-electron chi connectivity index (χ4n) is 7.04. The molecule has 52 heavy (non-hydrogen) atoms. The molecule has 15 nitrogen and oxygen atoms in total. The van der Waals surface area contributed by atoms with Crippen LogP contribution in [0, 0.1) is 5.92 Å². The molecule has 4 amide bonds. The van der Waals surface area contributed by atoms with Gasteiger partial charge in [0.05, 0.1) is 16.8 Å². The number of sulfonamides is 1. The van der Waals surface area contributed by atoms with Crippen molar-refractivity contribution >= 4 is 45.0 Å². The summed E-state index contributed by atoms with van der Waals surface area (Å²) in [4.78, 5) is 66.0. The summed E-state index contributed by atoms with van der Waals surface area (Å²) in [5, 5.41) is 5.63. The Hall–Kier alpha value is -4.21. The van der Waals surface area contributed by atoms with Gasteiger partial charge in [-0.15, -0.1) is 0 Å². The van der Waals surface area contributed by atoms with Gasteiger partial charge in [-0.3, -0.25) is 23.7 Å². The topological polar surface area (TPSA) is 191 Å². The van der Waals surface area contributed by atoms with Gasteiger partial charge in [0.25, 0.3) is 11.9 Å². The molecule has 4 aliphatic rings. The van der Waals surface area contributed by atoms with Crippen LogP contribution in [0.15, 0.2) is 30.5 Å². The zero-order chi connectivity index (χ0) is 37.6. The molecule has 0 aromatic carbocycles. The predicted molar refractivity (Wildman–Crippen MR) is 192 cm³/mol. The third-order valence-corrected chi connectivity index (χ3v) is 12.5. The van der Waals surface area contributed by atoms with Crippen molar-refractivity contribution in [3.05, 3.63) is 30.5 Å². The van der Waals surface area contributed by atoms with Crippen LogP contribution in [-0.4, -0.2) is 92.3 Å². The van der Waals surface area contributed by atoms with Gasteiger partial charge in [0.1, 0.15) is 29.3 Å². The molecule has 0 unspecified atom stereocenters. The second-order valence-electron chi connectivity index (χ2n) is 16.1. The van der Waals surface area contributed by atoms with E-state index >= 15 is 0 Å². The van der Waals surface area contributed by atoms with E-state index in [2.05, 4.69) is 25.3 Å². The lowest BCUT2D eigenvalue weighted by atomic mass is 10.0. The summed E-state index contributed by atoms with van der Waals surface area (Å²) in [5.41, 5.74) is -1.05. The van der Waals surface area contributed by atoms with Gasteiger partial charge in [0.15, 0.2) is 5.65 Å². The van der Waals surface area contributed by atoms with Crippen LogP contribution in [0.25, 0.3) is 11.2 Å². The van der Waals surface area contributed by atoms with Crippen molar-refractivity contribution in [1.82, 2.24) is 34.8 Å². The molecule has 0 radical (unpaired) electrons. The first-order valence-electron chi connectivity index (χ1n) is 18.3. The summed E-state index contributed by atoms with van der Waals surface area (Å²) < 4.78 is 41.3. The molecule has 3 fully saturated rings. The monoisotopic (exact) mass is 741 g/mol. The number of aromatic nitrogens is 3. The molecule has 2 aromatic rings. The Morgan fingerprint density at radius 2 is 1.88 bits per heavy atom. The van der Waals surface area contributed by atoms with Crippen molar-refractivity contribution in [3.8, 4) is 6.01 Å². The van der Waals surface area contributed by atoms with E-state index in [-0.39, 0.29) is 31.4 Å². The van der Waals surface area contributed by atoms with Crippen LogP contribution in [-0.2, 0) is 29.1 Å². The van der Waals surface area contributed by atoms with E-state index in [1.165, 1.54) is 4.90 Å². The van der Waals surface area contributed by atoms with E-state index in [0.29, 0.717) is 37.8 Å². The van der Waals surface area contributed by atoms with E-state index in [1.807, 2.05) is 42.7 Å². The molecular formula is C36H51N7O8S. The van der Waals surface area contributed by atoms with Crippen LogP contribution in [0.1, 0.15) is 105 Å². The maximum absolute atomic E-state index is 14.5. The quantitative estimate of drug-likeness (QED) is 0.353. The fourth-order valence-corrected chi connectivity index (χ4v) is 8.35. The summed E-state index contributed by atoms with van der Waals surface area (Å²) in [6.07, 6.45) is 8.37. The van der Waals surface area contributed by atoms with Crippen LogP contribution in [0.4, 0.5) is 4.79 Å². The van der Waals surface area contributed by atoms with Crippen LogP contribution < -0.4 is 20.1 Å². The van der Waals surface area contributed by atoms with E-state index in [1.54, 1.807) is 33.9 Å². The highest BCUT2D eigenvalue weighted by atomic mass is 32.2. The highest BCUT2D eigenvalue weighted by Crippen LogP contribution is 2.47. The lowest BCUT2D eigenvalue weighted by Crippen LogP contribution is -2.58. The summed E-state index contributed by atoms with van der Waals surface area (Å²) in [6.45, 7) is 10.7. The second-order valence-corrected chi connectivity index (χ2v) is 18.3. The molecule has 2 aliphatic heterocycles. The third-order valence-electron chi connectivity index (χ3n) is 10.4. The number of allylic oxidation sites excluding steroid dienone is 1. The highest BCUT2D eigenvalue weighted by Gasteiger charge is 2.63. The Bertz CT molecular complexity index is 1860. The smallest absolute Gasteiger partial charge is 0.408 e. The molecule has 3 N–H and O–H groups in total. The molecule has 2 saturated carbocycles. The van der Waals surface area contributed by atoms with E-state index in [9.17, 15) is 27.6 Å². The molecule has 5 atom stereocenters. The van der Waals surface area contributed by atoms with Crippen LogP contribution in [0.2, 0.25) is 0 Å². The molecule has 0 spiro atoms. The predicted octanol–water partition coefficient (Wildman–Crippen LogP) is 3.65. The molecule has 1 saturated heterocycles. The van der Waals surface area contributed by atoms with Crippen molar-refractivity contribution in [2.75, 3.05) is 6.54 Å². The highest BCUT2D eigenvalue weighted by molar-refractivity contribution is 7.91.